The van der Waals surface area contributed by atoms with Crippen LogP contribution in [0.3, 0.4) is 0 Å². The van der Waals surface area contributed by atoms with Crippen molar-refractivity contribution in [2.24, 2.45) is 11.7 Å². The normalized spacial score (nSPS) is 22.7. The van der Waals surface area contributed by atoms with Crippen molar-refractivity contribution in [1.29, 1.82) is 0 Å². The van der Waals surface area contributed by atoms with Crippen molar-refractivity contribution in [2.45, 2.75) is 13.3 Å². The van der Waals surface area contributed by atoms with Crippen molar-refractivity contribution < 1.29 is 9.59 Å². The smallest absolute Gasteiger partial charge is 0.317 e. The highest BCUT2D eigenvalue weighted by Crippen LogP contribution is 2.05. The third-order valence-electron chi connectivity index (χ3n) is 2.05. The van der Waals surface area contributed by atoms with E-state index in [1.165, 1.54) is 0 Å². The Bertz CT molecular complexity index is 217. The number of hydrogen-bond acceptors (Lipinski definition) is 2. The van der Waals surface area contributed by atoms with Gasteiger partial charge in [-0.2, -0.15) is 0 Å². The summed E-state index contributed by atoms with van der Waals surface area (Å²) in [6, 6.07) is -0.0978. The minimum atomic E-state index is -0.369. The topological polar surface area (TPSA) is 75.4 Å². The summed E-state index contributed by atoms with van der Waals surface area (Å²) in [5, 5.41) is 2.74. The third kappa shape index (κ3) is 2.93. The lowest BCUT2D eigenvalue weighted by Crippen LogP contribution is -2.50. The van der Waals surface area contributed by atoms with Gasteiger partial charge in [-0.3, -0.25) is 4.79 Å². The van der Waals surface area contributed by atoms with Gasteiger partial charge < -0.3 is 16.0 Å². The molecule has 1 fully saturated rings. The van der Waals surface area contributed by atoms with Crippen LogP contribution in [0.15, 0.2) is 0 Å². The van der Waals surface area contributed by atoms with Crippen molar-refractivity contribution in [3.8, 4) is 0 Å². The molecule has 13 heavy (non-hydrogen) atoms. The van der Waals surface area contributed by atoms with E-state index < -0.39 is 0 Å². The van der Waals surface area contributed by atoms with Gasteiger partial charge in [0.2, 0.25) is 5.91 Å². The van der Waals surface area contributed by atoms with Crippen molar-refractivity contribution in [2.75, 3.05) is 19.6 Å². The Kier molecular flexibility index (Phi) is 3.11. The van der Waals surface area contributed by atoms with Crippen molar-refractivity contribution >= 4 is 11.9 Å². The number of urea groups is 1. The molecule has 3 N–H and O–H groups in total. The summed E-state index contributed by atoms with van der Waals surface area (Å²) in [6.07, 6.45) is 0.236. The van der Waals surface area contributed by atoms with E-state index in [9.17, 15) is 9.59 Å². The molecule has 0 aromatic rings. The average Bonchev–Trinajstić information content (AvgIpc) is 2.06. The predicted octanol–water partition coefficient (Wildman–Crippen LogP) is -0.477. The molecular weight excluding hydrogens is 170 g/mol. The van der Waals surface area contributed by atoms with Gasteiger partial charge in [0.15, 0.2) is 0 Å². The molecule has 5 nitrogen and oxygen atoms in total. The van der Waals surface area contributed by atoms with Gasteiger partial charge in [-0.05, 0) is 5.92 Å². The number of amides is 3. The highest BCUT2D eigenvalue weighted by Gasteiger charge is 2.21. The molecule has 74 valence electrons. The molecule has 0 radical (unpaired) electrons. The number of carbonyl (C=O) groups excluding carboxylic acids is 2. The maximum Gasteiger partial charge on any atom is 0.317 e. The summed E-state index contributed by atoms with van der Waals surface area (Å²) in [6.45, 7) is 3.90. The van der Waals surface area contributed by atoms with Crippen LogP contribution < -0.4 is 11.1 Å². The van der Waals surface area contributed by atoms with Gasteiger partial charge in [0, 0.05) is 26.1 Å². The quantitative estimate of drug-likeness (QED) is 0.623. The largest absolute Gasteiger partial charge is 0.370 e. The first-order chi connectivity index (χ1) is 6.09. The summed E-state index contributed by atoms with van der Waals surface area (Å²) in [7, 11) is 0. The van der Waals surface area contributed by atoms with Crippen LogP contribution >= 0.6 is 0 Å². The molecule has 5 heteroatoms. The van der Waals surface area contributed by atoms with E-state index in [4.69, 9.17) is 5.73 Å². The van der Waals surface area contributed by atoms with Crippen LogP contribution in [0.1, 0.15) is 13.3 Å². The molecule has 1 saturated heterocycles. The molecular formula is C8H15N3O2. The lowest BCUT2D eigenvalue weighted by atomic mass is 10.1. The average molecular weight is 185 g/mol. The van der Waals surface area contributed by atoms with Gasteiger partial charge >= 0.3 is 6.03 Å². The summed E-state index contributed by atoms with van der Waals surface area (Å²) in [5.41, 5.74) is 4.99. The van der Waals surface area contributed by atoms with Crippen LogP contribution in [-0.2, 0) is 4.79 Å². The molecule has 1 atom stereocenters. The van der Waals surface area contributed by atoms with E-state index in [0.717, 1.165) is 0 Å². The predicted molar refractivity (Wildman–Crippen MR) is 47.9 cm³/mol. The fraction of sp³-hybridized carbons (Fsp3) is 0.750. The maximum absolute atomic E-state index is 11.2. The molecule has 1 aliphatic rings. The monoisotopic (exact) mass is 185 g/mol. The molecule has 1 heterocycles. The van der Waals surface area contributed by atoms with Crippen molar-refractivity contribution in [3.05, 3.63) is 0 Å². The molecule has 3 amide bonds. The molecule has 0 aliphatic carbocycles. The Balaban J connectivity index is 2.37. The number of carbonyl (C=O) groups is 2. The number of hydrogen-bond donors (Lipinski definition) is 2. The Hall–Kier alpha value is -1.26. The number of primary amides is 1. The van der Waals surface area contributed by atoms with Crippen molar-refractivity contribution in [3.63, 3.8) is 0 Å². The van der Waals surface area contributed by atoms with E-state index in [-0.39, 0.29) is 18.4 Å². The molecule has 0 aromatic carbocycles. The number of nitrogens with one attached hydrogen (secondary N) is 1. The molecule has 1 rings (SSSR count). The molecule has 0 aromatic heterocycles. The van der Waals surface area contributed by atoms with E-state index in [1.54, 1.807) is 4.90 Å². The zero-order chi connectivity index (χ0) is 9.84. The Labute approximate surface area is 77.3 Å². The van der Waals surface area contributed by atoms with Gasteiger partial charge in [-0.25, -0.2) is 4.79 Å². The SMILES string of the molecule is CC1CNC(=O)N(CCC(N)=O)C1. The van der Waals surface area contributed by atoms with Crippen LogP contribution in [0.4, 0.5) is 4.79 Å². The highest BCUT2D eigenvalue weighted by atomic mass is 16.2. The van der Waals surface area contributed by atoms with Gasteiger partial charge in [0.1, 0.15) is 0 Å². The second-order valence-electron chi connectivity index (χ2n) is 3.45. The molecule has 1 unspecified atom stereocenters. The minimum absolute atomic E-state index is 0.0978. The van der Waals surface area contributed by atoms with Crippen LogP contribution in [0.5, 0.6) is 0 Å². The lowest BCUT2D eigenvalue weighted by molar-refractivity contribution is -0.118. The summed E-state index contributed by atoms with van der Waals surface area (Å²) in [5.74, 6) is 0.0663. The number of nitrogens with zero attached hydrogens (tertiary/aromatic N) is 1. The highest BCUT2D eigenvalue weighted by molar-refractivity contribution is 5.77. The van der Waals surface area contributed by atoms with E-state index in [2.05, 4.69) is 12.2 Å². The molecule has 0 bridgehead atoms. The molecule has 0 saturated carbocycles. The summed E-state index contributed by atoms with van der Waals surface area (Å²) in [4.78, 5) is 23.3. The minimum Gasteiger partial charge on any atom is -0.370 e. The first-order valence-corrected chi connectivity index (χ1v) is 4.40. The van der Waals surface area contributed by atoms with Gasteiger partial charge in [0.25, 0.3) is 0 Å². The Morgan fingerprint density at radius 2 is 2.46 bits per heavy atom. The van der Waals surface area contributed by atoms with Crippen LogP contribution in [-0.4, -0.2) is 36.5 Å². The first-order valence-electron chi connectivity index (χ1n) is 4.40. The Morgan fingerprint density at radius 3 is 3.08 bits per heavy atom. The third-order valence-corrected chi connectivity index (χ3v) is 2.05. The number of nitrogens with two attached hydrogens (primary N) is 1. The summed E-state index contributed by atoms with van der Waals surface area (Å²) >= 11 is 0. The fourth-order valence-electron chi connectivity index (χ4n) is 1.34. The number of rotatable bonds is 3. The van der Waals surface area contributed by atoms with E-state index in [1.807, 2.05) is 0 Å². The zero-order valence-corrected chi connectivity index (χ0v) is 7.75. The fourth-order valence-corrected chi connectivity index (χ4v) is 1.34. The van der Waals surface area contributed by atoms with Gasteiger partial charge in [-0.15, -0.1) is 0 Å². The second kappa shape index (κ2) is 4.11. The zero-order valence-electron chi connectivity index (χ0n) is 7.75. The van der Waals surface area contributed by atoms with E-state index in [0.29, 0.717) is 25.6 Å². The molecule has 0 spiro atoms. The summed E-state index contributed by atoms with van der Waals surface area (Å²) < 4.78 is 0. The van der Waals surface area contributed by atoms with Crippen molar-refractivity contribution in [1.82, 2.24) is 10.2 Å². The van der Waals surface area contributed by atoms with Crippen LogP contribution in [0.25, 0.3) is 0 Å². The van der Waals surface area contributed by atoms with Gasteiger partial charge in [-0.1, -0.05) is 6.92 Å². The standard InChI is InChI=1S/C8H15N3O2/c1-6-4-10-8(13)11(5-6)3-2-7(9)12/h6H,2-5H2,1H3,(H2,9,12)(H,10,13). The van der Waals surface area contributed by atoms with Crippen LogP contribution in [0.2, 0.25) is 0 Å². The second-order valence-corrected chi connectivity index (χ2v) is 3.45. The Morgan fingerprint density at radius 1 is 1.77 bits per heavy atom. The van der Waals surface area contributed by atoms with Crippen LogP contribution in [0, 0.1) is 5.92 Å². The maximum atomic E-state index is 11.2. The van der Waals surface area contributed by atoms with Gasteiger partial charge in [0.05, 0.1) is 0 Å². The molecule has 1 aliphatic heterocycles. The lowest BCUT2D eigenvalue weighted by Gasteiger charge is -2.31. The first kappa shape index (κ1) is 9.83. The van der Waals surface area contributed by atoms with E-state index >= 15 is 0 Å².